The molecule has 0 fully saturated rings. The van der Waals surface area contributed by atoms with Crippen molar-refractivity contribution in [3.05, 3.63) is 88.6 Å². The molecule has 6 nitrogen and oxygen atoms in total. The average molecular weight is 390 g/mol. The van der Waals surface area contributed by atoms with Crippen LogP contribution in [0.2, 0.25) is 0 Å². The molecule has 0 aliphatic carbocycles. The van der Waals surface area contributed by atoms with E-state index in [1.54, 1.807) is 12.1 Å². The van der Waals surface area contributed by atoms with Crippen LogP contribution < -0.4 is 10.9 Å². The Morgan fingerprint density at radius 1 is 1.10 bits per heavy atom. The van der Waals surface area contributed by atoms with Gasteiger partial charge in [-0.1, -0.05) is 30.3 Å². The van der Waals surface area contributed by atoms with Crippen molar-refractivity contribution >= 4 is 16.8 Å². The largest absolute Gasteiger partial charge is 0.361 e. The number of carbonyl (C=O) groups excluding carboxylic acids is 1. The second kappa shape index (κ2) is 8.10. The first-order chi connectivity index (χ1) is 14.1. The molecule has 0 saturated carbocycles. The molecular weight excluding hydrogens is 371 g/mol. The minimum absolute atomic E-state index is 0.165. The number of halogens is 1. The summed E-state index contributed by atoms with van der Waals surface area (Å²) in [5.74, 6) is -0.609. The van der Waals surface area contributed by atoms with Gasteiger partial charge in [0.05, 0.1) is 5.69 Å². The Balaban J connectivity index is 1.39. The van der Waals surface area contributed by atoms with Crippen LogP contribution in [-0.2, 0) is 17.8 Å². The molecular formula is C22H19FN4O2. The highest BCUT2D eigenvalue weighted by Crippen LogP contribution is 2.19. The lowest BCUT2D eigenvalue weighted by Gasteiger charge is -2.08. The standard InChI is InChI=1S/C22H19FN4O2/c23-17-6-7-20-18(12-17)16(13-25-20)10-11-24-21(28)14-27-22(29)9-8-19(26-27)15-4-2-1-3-5-15/h1-9,12-13,25H,10-11,14H2,(H,24,28). The molecule has 2 N–H and O–H groups in total. The number of H-pyrrole nitrogens is 1. The van der Waals surface area contributed by atoms with Gasteiger partial charge >= 0.3 is 0 Å². The smallest absolute Gasteiger partial charge is 0.267 e. The van der Waals surface area contributed by atoms with E-state index < -0.39 is 0 Å². The first-order valence-corrected chi connectivity index (χ1v) is 9.26. The molecule has 0 saturated heterocycles. The van der Waals surface area contributed by atoms with Gasteiger partial charge in [-0.15, -0.1) is 0 Å². The summed E-state index contributed by atoms with van der Waals surface area (Å²) >= 11 is 0. The number of aromatic nitrogens is 3. The molecule has 2 heterocycles. The average Bonchev–Trinajstić information content (AvgIpc) is 3.12. The molecule has 1 amide bonds. The number of fused-ring (bicyclic) bond motifs is 1. The van der Waals surface area contributed by atoms with Crippen molar-refractivity contribution in [2.24, 2.45) is 0 Å². The monoisotopic (exact) mass is 390 g/mol. The van der Waals surface area contributed by atoms with E-state index in [2.05, 4.69) is 15.4 Å². The van der Waals surface area contributed by atoms with Crippen LogP contribution in [0.5, 0.6) is 0 Å². The molecule has 0 bridgehead atoms. The maximum Gasteiger partial charge on any atom is 0.267 e. The van der Waals surface area contributed by atoms with E-state index in [1.807, 2.05) is 36.5 Å². The second-order valence-corrected chi connectivity index (χ2v) is 6.68. The number of nitrogens with one attached hydrogen (secondary N) is 2. The SMILES string of the molecule is O=C(Cn1nc(-c2ccccc2)ccc1=O)NCCc1c[nH]c2ccc(F)cc12. The molecule has 146 valence electrons. The van der Waals surface area contributed by atoms with Crippen LogP contribution in [0.1, 0.15) is 5.56 Å². The van der Waals surface area contributed by atoms with Crippen molar-refractivity contribution in [2.45, 2.75) is 13.0 Å². The maximum absolute atomic E-state index is 13.5. The summed E-state index contributed by atoms with van der Waals surface area (Å²) in [4.78, 5) is 27.4. The third-order valence-electron chi connectivity index (χ3n) is 4.68. The van der Waals surface area contributed by atoms with Crippen molar-refractivity contribution in [2.75, 3.05) is 6.54 Å². The van der Waals surface area contributed by atoms with Crippen LogP contribution in [0.4, 0.5) is 4.39 Å². The van der Waals surface area contributed by atoms with Crippen molar-refractivity contribution in [1.29, 1.82) is 0 Å². The summed E-state index contributed by atoms with van der Waals surface area (Å²) in [6.45, 7) is 0.206. The molecule has 0 unspecified atom stereocenters. The first-order valence-electron chi connectivity index (χ1n) is 9.26. The fraction of sp³-hybridized carbons (Fsp3) is 0.136. The van der Waals surface area contributed by atoms with Crippen molar-refractivity contribution in [1.82, 2.24) is 20.1 Å². The Morgan fingerprint density at radius 2 is 1.93 bits per heavy atom. The van der Waals surface area contributed by atoms with E-state index in [9.17, 15) is 14.0 Å². The van der Waals surface area contributed by atoms with E-state index in [0.717, 1.165) is 26.7 Å². The number of hydrogen-bond acceptors (Lipinski definition) is 3. The molecule has 7 heteroatoms. The van der Waals surface area contributed by atoms with E-state index in [-0.39, 0.29) is 23.8 Å². The molecule has 4 aromatic rings. The van der Waals surface area contributed by atoms with Crippen LogP contribution in [-0.4, -0.2) is 27.2 Å². The highest BCUT2D eigenvalue weighted by atomic mass is 19.1. The number of carbonyl (C=O) groups is 1. The lowest BCUT2D eigenvalue weighted by atomic mass is 10.1. The Hall–Kier alpha value is -3.74. The van der Waals surface area contributed by atoms with Gasteiger partial charge in [0.25, 0.3) is 5.56 Å². The predicted molar refractivity (Wildman–Crippen MR) is 109 cm³/mol. The summed E-state index contributed by atoms with van der Waals surface area (Å²) in [6.07, 6.45) is 2.35. The maximum atomic E-state index is 13.5. The molecule has 2 aromatic carbocycles. The summed E-state index contributed by atoms with van der Waals surface area (Å²) in [5, 5.41) is 7.88. The van der Waals surface area contributed by atoms with Gasteiger partial charge < -0.3 is 10.3 Å². The minimum Gasteiger partial charge on any atom is -0.361 e. The predicted octanol–water partition coefficient (Wildman–Crippen LogP) is 2.89. The van der Waals surface area contributed by atoms with Crippen molar-refractivity contribution in [3.63, 3.8) is 0 Å². The Morgan fingerprint density at radius 3 is 2.76 bits per heavy atom. The van der Waals surface area contributed by atoms with Gasteiger partial charge in [-0.3, -0.25) is 9.59 Å². The molecule has 2 aromatic heterocycles. The topological polar surface area (TPSA) is 79.8 Å². The highest BCUT2D eigenvalue weighted by molar-refractivity contribution is 5.83. The number of hydrogen-bond donors (Lipinski definition) is 2. The lowest BCUT2D eigenvalue weighted by Crippen LogP contribution is -2.34. The number of benzene rings is 2. The van der Waals surface area contributed by atoms with Gasteiger partial charge in [0, 0.05) is 35.3 Å². The third kappa shape index (κ3) is 4.24. The molecule has 0 aliphatic rings. The van der Waals surface area contributed by atoms with Gasteiger partial charge in [0.1, 0.15) is 12.4 Å². The Kier molecular flexibility index (Phi) is 5.20. The fourth-order valence-electron chi connectivity index (χ4n) is 3.21. The number of amides is 1. The van der Waals surface area contributed by atoms with Gasteiger partial charge in [-0.05, 0) is 36.2 Å². The van der Waals surface area contributed by atoms with Crippen LogP contribution in [0, 0.1) is 5.82 Å². The zero-order valence-electron chi connectivity index (χ0n) is 15.6. The summed E-state index contributed by atoms with van der Waals surface area (Å²) in [5.41, 5.74) is 2.92. The van der Waals surface area contributed by atoms with Crippen LogP contribution >= 0.6 is 0 Å². The summed E-state index contributed by atoms with van der Waals surface area (Å²) in [7, 11) is 0. The third-order valence-corrected chi connectivity index (χ3v) is 4.68. The Labute approximate surface area is 166 Å². The molecule has 0 spiro atoms. The molecule has 29 heavy (non-hydrogen) atoms. The first kappa shape index (κ1) is 18.6. The zero-order chi connectivity index (χ0) is 20.2. The van der Waals surface area contributed by atoms with E-state index in [0.29, 0.717) is 18.7 Å². The van der Waals surface area contributed by atoms with Gasteiger partial charge in [0.15, 0.2) is 0 Å². The van der Waals surface area contributed by atoms with E-state index >= 15 is 0 Å². The molecule has 0 aliphatic heterocycles. The number of rotatable bonds is 6. The van der Waals surface area contributed by atoms with Gasteiger partial charge in [0.2, 0.25) is 5.91 Å². The fourth-order valence-corrected chi connectivity index (χ4v) is 3.21. The Bertz CT molecular complexity index is 1210. The van der Waals surface area contributed by atoms with E-state index in [1.165, 1.54) is 18.2 Å². The lowest BCUT2D eigenvalue weighted by molar-refractivity contribution is -0.121. The molecule has 0 atom stereocenters. The van der Waals surface area contributed by atoms with Crippen molar-refractivity contribution < 1.29 is 9.18 Å². The van der Waals surface area contributed by atoms with Crippen LogP contribution in [0.3, 0.4) is 0 Å². The van der Waals surface area contributed by atoms with Crippen LogP contribution in [0.15, 0.2) is 71.7 Å². The summed E-state index contributed by atoms with van der Waals surface area (Å²) in [6, 6.07) is 17.1. The van der Waals surface area contributed by atoms with Gasteiger partial charge in [-0.25, -0.2) is 9.07 Å². The number of nitrogens with zero attached hydrogens (tertiary/aromatic N) is 2. The second-order valence-electron chi connectivity index (χ2n) is 6.68. The quantitative estimate of drug-likeness (QED) is 0.531. The van der Waals surface area contributed by atoms with Gasteiger partial charge in [-0.2, -0.15) is 5.10 Å². The molecule has 0 radical (unpaired) electrons. The molecule has 4 rings (SSSR count). The minimum atomic E-state index is -0.341. The zero-order valence-corrected chi connectivity index (χ0v) is 15.6. The summed E-state index contributed by atoms with van der Waals surface area (Å²) < 4.78 is 14.6. The highest BCUT2D eigenvalue weighted by Gasteiger charge is 2.09. The van der Waals surface area contributed by atoms with Crippen molar-refractivity contribution in [3.8, 4) is 11.3 Å². The number of aromatic amines is 1. The normalized spacial score (nSPS) is 10.9. The van der Waals surface area contributed by atoms with E-state index in [4.69, 9.17) is 0 Å². The van der Waals surface area contributed by atoms with Crippen LogP contribution in [0.25, 0.3) is 22.2 Å².